The number of carbonyl (C=O) groups is 1. The first-order chi connectivity index (χ1) is 13.1. The molecule has 8 nitrogen and oxygen atoms in total. The highest BCUT2D eigenvalue weighted by Gasteiger charge is 2.38. The van der Waals surface area contributed by atoms with Crippen molar-refractivity contribution in [1.29, 1.82) is 0 Å². The van der Waals surface area contributed by atoms with E-state index < -0.39 is 22.2 Å². The van der Waals surface area contributed by atoms with Crippen LogP contribution in [0, 0.1) is 5.92 Å². The standard InChI is InChI=1S/C18H27BrN2O6S/c1-12-8-21(13(2)10-22)28(24,25)17-6-5-14(19)7-15(17)27-16(12)9-20(3)18(23)11-26-4/h5-7,12-13,16,22H,8-11H2,1-4H3/t12-,13-,16-/m1/s1. The number of halogens is 1. The number of fused-ring (bicyclic) bond motifs is 1. The number of benzene rings is 1. The zero-order valence-electron chi connectivity index (χ0n) is 16.5. The molecular weight excluding hydrogens is 452 g/mol. The van der Waals surface area contributed by atoms with Crippen molar-refractivity contribution >= 4 is 31.9 Å². The number of hydrogen-bond acceptors (Lipinski definition) is 6. The summed E-state index contributed by atoms with van der Waals surface area (Å²) in [4.78, 5) is 13.7. The van der Waals surface area contributed by atoms with Gasteiger partial charge in [-0.2, -0.15) is 4.31 Å². The lowest BCUT2D eigenvalue weighted by Gasteiger charge is -2.37. The Morgan fingerprint density at radius 1 is 1.50 bits per heavy atom. The molecule has 1 aromatic rings. The lowest BCUT2D eigenvalue weighted by atomic mass is 10.0. The smallest absolute Gasteiger partial charge is 0.248 e. The van der Waals surface area contributed by atoms with Crippen LogP contribution in [0.25, 0.3) is 0 Å². The largest absolute Gasteiger partial charge is 0.487 e. The molecule has 158 valence electrons. The molecule has 28 heavy (non-hydrogen) atoms. The first-order valence-corrected chi connectivity index (χ1v) is 11.2. The van der Waals surface area contributed by atoms with Crippen LogP contribution >= 0.6 is 15.9 Å². The summed E-state index contributed by atoms with van der Waals surface area (Å²) in [7, 11) is -0.746. The van der Waals surface area contributed by atoms with Crippen LogP contribution in [-0.4, -0.2) is 81.2 Å². The van der Waals surface area contributed by atoms with Gasteiger partial charge < -0.3 is 19.5 Å². The Hall–Kier alpha value is -1.20. The predicted molar refractivity (Wildman–Crippen MR) is 108 cm³/mol. The molecule has 0 radical (unpaired) electrons. The number of aliphatic hydroxyl groups excluding tert-OH is 1. The van der Waals surface area contributed by atoms with E-state index in [0.29, 0.717) is 4.47 Å². The van der Waals surface area contributed by atoms with Crippen LogP contribution in [0.2, 0.25) is 0 Å². The SMILES string of the molecule is COCC(=O)N(C)C[C@H]1Oc2cc(Br)ccc2S(=O)(=O)N([C@H](C)CO)C[C@H]1C. The van der Waals surface area contributed by atoms with E-state index in [9.17, 15) is 18.3 Å². The molecule has 0 aromatic heterocycles. The number of likely N-dealkylation sites (N-methyl/N-ethyl adjacent to an activating group) is 1. The highest BCUT2D eigenvalue weighted by atomic mass is 79.9. The van der Waals surface area contributed by atoms with Gasteiger partial charge in [0.1, 0.15) is 23.4 Å². The Kier molecular flexibility index (Phi) is 7.86. The van der Waals surface area contributed by atoms with Gasteiger partial charge in [0.25, 0.3) is 0 Å². The van der Waals surface area contributed by atoms with Crippen molar-refractivity contribution in [3.8, 4) is 5.75 Å². The number of hydrogen-bond donors (Lipinski definition) is 1. The summed E-state index contributed by atoms with van der Waals surface area (Å²) in [6.45, 7) is 3.63. The Balaban J connectivity index is 2.46. The maximum absolute atomic E-state index is 13.2. The maximum Gasteiger partial charge on any atom is 0.248 e. The zero-order valence-corrected chi connectivity index (χ0v) is 18.9. The first kappa shape index (κ1) is 23.1. The fourth-order valence-electron chi connectivity index (χ4n) is 3.02. The minimum Gasteiger partial charge on any atom is -0.487 e. The van der Waals surface area contributed by atoms with Crippen LogP contribution in [0.1, 0.15) is 13.8 Å². The van der Waals surface area contributed by atoms with Crippen molar-refractivity contribution in [1.82, 2.24) is 9.21 Å². The summed E-state index contributed by atoms with van der Waals surface area (Å²) in [5.41, 5.74) is 0. The normalized spacial score (nSPS) is 23.1. The molecule has 0 bridgehead atoms. The van der Waals surface area contributed by atoms with E-state index in [1.54, 1.807) is 26.1 Å². The molecule has 0 fully saturated rings. The van der Waals surface area contributed by atoms with Crippen molar-refractivity contribution in [3.63, 3.8) is 0 Å². The van der Waals surface area contributed by atoms with Crippen LogP contribution in [0.3, 0.4) is 0 Å². The molecule has 10 heteroatoms. The molecule has 1 aliphatic rings. The van der Waals surface area contributed by atoms with Gasteiger partial charge >= 0.3 is 0 Å². The van der Waals surface area contributed by atoms with Crippen LogP contribution in [0.4, 0.5) is 0 Å². The Bertz CT molecular complexity index is 803. The average Bonchev–Trinajstić information content (AvgIpc) is 2.63. The van der Waals surface area contributed by atoms with Gasteiger partial charge in [0.05, 0.1) is 13.2 Å². The molecule has 1 N–H and O–H groups in total. The van der Waals surface area contributed by atoms with Gasteiger partial charge in [0.2, 0.25) is 15.9 Å². The molecule has 0 aliphatic carbocycles. The van der Waals surface area contributed by atoms with E-state index in [2.05, 4.69) is 15.9 Å². The summed E-state index contributed by atoms with van der Waals surface area (Å²) >= 11 is 3.35. The van der Waals surface area contributed by atoms with Crippen molar-refractivity contribution < 1.29 is 27.8 Å². The first-order valence-electron chi connectivity index (χ1n) is 8.93. The Morgan fingerprint density at radius 3 is 2.79 bits per heavy atom. The predicted octanol–water partition coefficient (Wildman–Crippen LogP) is 1.32. The third kappa shape index (κ3) is 5.04. The number of amides is 1. The lowest BCUT2D eigenvalue weighted by Crippen LogP contribution is -2.50. The van der Waals surface area contributed by atoms with Gasteiger partial charge in [0, 0.05) is 37.1 Å². The third-order valence-corrected chi connectivity index (χ3v) is 7.29. The van der Waals surface area contributed by atoms with Crippen molar-refractivity contribution in [2.75, 3.05) is 40.5 Å². The van der Waals surface area contributed by atoms with E-state index in [1.807, 2.05) is 6.92 Å². The van der Waals surface area contributed by atoms with Gasteiger partial charge in [-0.1, -0.05) is 22.9 Å². The number of nitrogens with zero attached hydrogens (tertiary/aromatic N) is 2. The molecular formula is C18H27BrN2O6S. The number of carbonyl (C=O) groups excluding carboxylic acids is 1. The highest BCUT2D eigenvalue weighted by molar-refractivity contribution is 9.10. The summed E-state index contributed by atoms with van der Waals surface area (Å²) in [5.74, 6) is -0.203. The van der Waals surface area contributed by atoms with Crippen molar-refractivity contribution in [2.24, 2.45) is 5.92 Å². The Labute approximate surface area is 174 Å². The lowest BCUT2D eigenvalue weighted by molar-refractivity contribution is -0.135. The molecule has 0 unspecified atom stereocenters. The second kappa shape index (κ2) is 9.53. The summed E-state index contributed by atoms with van der Waals surface area (Å²) in [5, 5.41) is 9.59. The quantitative estimate of drug-likeness (QED) is 0.662. The van der Waals surface area contributed by atoms with Gasteiger partial charge in [-0.05, 0) is 25.1 Å². The molecule has 0 spiro atoms. The second-order valence-electron chi connectivity index (χ2n) is 7.04. The van der Waals surface area contributed by atoms with Crippen LogP contribution < -0.4 is 4.74 Å². The maximum atomic E-state index is 13.2. The van der Waals surface area contributed by atoms with Gasteiger partial charge in [-0.3, -0.25) is 4.79 Å². The highest BCUT2D eigenvalue weighted by Crippen LogP contribution is 2.35. The van der Waals surface area contributed by atoms with Crippen LogP contribution in [-0.2, 0) is 19.6 Å². The number of aliphatic hydroxyl groups is 1. The van der Waals surface area contributed by atoms with Gasteiger partial charge in [-0.15, -0.1) is 0 Å². The molecule has 2 rings (SSSR count). The molecule has 3 atom stereocenters. The minimum atomic E-state index is -3.85. The third-order valence-electron chi connectivity index (χ3n) is 4.78. The zero-order chi connectivity index (χ0) is 21.1. The number of methoxy groups -OCH3 is 1. The van der Waals surface area contributed by atoms with E-state index in [1.165, 1.54) is 22.4 Å². The number of ether oxygens (including phenoxy) is 2. The van der Waals surface area contributed by atoms with E-state index in [-0.39, 0.29) is 48.8 Å². The van der Waals surface area contributed by atoms with Crippen molar-refractivity contribution in [3.05, 3.63) is 22.7 Å². The average molecular weight is 479 g/mol. The molecule has 1 amide bonds. The number of rotatable bonds is 6. The second-order valence-corrected chi connectivity index (χ2v) is 9.81. The summed E-state index contributed by atoms with van der Waals surface area (Å²) < 4.78 is 39.4. The fraction of sp³-hybridized carbons (Fsp3) is 0.611. The summed E-state index contributed by atoms with van der Waals surface area (Å²) in [6.07, 6.45) is -0.442. The van der Waals surface area contributed by atoms with E-state index in [4.69, 9.17) is 9.47 Å². The van der Waals surface area contributed by atoms with Crippen LogP contribution in [0.15, 0.2) is 27.6 Å². The number of sulfonamides is 1. The van der Waals surface area contributed by atoms with Gasteiger partial charge in [-0.25, -0.2) is 8.42 Å². The Morgan fingerprint density at radius 2 is 2.18 bits per heavy atom. The molecule has 0 saturated heterocycles. The van der Waals surface area contributed by atoms with E-state index >= 15 is 0 Å². The fourth-order valence-corrected chi connectivity index (χ4v) is 5.19. The summed E-state index contributed by atoms with van der Waals surface area (Å²) in [6, 6.07) is 4.14. The minimum absolute atomic E-state index is 0.0399. The molecule has 1 aromatic carbocycles. The van der Waals surface area contributed by atoms with Gasteiger partial charge in [0.15, 0.2) is 0 Å². The van der Waals surface area contributed by atoms with Crippen molar-refractivity contribution in [2.45, 2.75) is 30.9 Å². The van der Waals surface area contributed by atoms with Crippen LogP contribution in [0.5, 0.6) is 5.75 Å². The molecule has 1 aliphatic heterocycles. The monoisotopic (exact) mass is 478 g/mol. The topological polar surface area (TPSA) is 96.4 Å². The molecule has 0 saturated carbocycles. The van der Waals surface area contributed by atoms with E-state index in [0.717, 1.165) is 0 Å². The molecule has 1 heterocycles.